The van der Waals surface area contributed by atoms with Crippen molar-refractivity contribution in [3.05, 3.63) is 0 Å². The number of aliphatic imine (C=N–C) groups is 3. The van der Waals surface area contributed by atoms with Crippen LogP contribution in [-0.2, 0) is 9.59 Å². The van der Waals surface area contributed by atoms with E-state index in [0.717, 1.165) is 78.4 Å². The van der Waals surface area contributed by atoms with Crippen molar-refractivity contribution in [2.24, 2.45) is 48.0 Å². The van der Waals surface area contributed by atoms with Gasteiger partial charge in [-0.15, -0.1) is 0 Å². The normalized spacial score (nSPS) is 15.5. The van der Waals surface area contributed by atoms with Gasteiger partial charge < -0.3 is 52.7 Å². The fraction of sp³-hybridized carbons (Fsp3) is 0.915. The summed E-state index contributed by atoms with van der Waals surface area (Å²) in [6.07, 6.45) is 1.67. The molecule has 0 spiro atoms. The molecule has 0 aliphatic carbocycles. The Bertz CT molecular complexity index is 1630. The van der Waals surface area contributed by atoms with Crippen molar-refractivity contribution < 1.29 is 20.5 Å². The maximum Gasteiger partial charge on any atom is 0.225 e. The summed E-state index contributed by atoms with van der Waals surface area (Å²) in [6, 6.07) is 0.518. The van der Waals surface area contributed by atoms with Crippen LogP contribution < -0.4 is 31.9 Å². The van der Waals surface area contributed by atoms with Gasteiger partial charge in [0.2, 0.25) is 11.8 Å². The Labute approximate surface area is 458 Å². The van der Waals surface area contributed by atoms with Crippen LogP contribution in [0.3, 0.4) is 0 Å². The second-order valence-corrected chi connectivity index (χ2v) is 30.2. The highest BCUT2D eigenvalue weighted by atomic mass is 16.2. The molecule has 0 saturated heterocycles. The van der Waals surface area contributed by atoms with E-state index in [1.54, 1.807) is 0 Å². The summed E-state index contributed by atoms with van der Waals surface area (Å²) >= 11 is 0. The smallest absolute Gasteiger partial charge is 0.225 e. The first-order valence-corrected chi connectivity index (χ1v) is 27.7. The Morgan fingerprint density at radius 3 is 1.46 bits per heavy atom. The minimum absolute atomic E-state index is 0. The van der Waals surface area contributed by atoms with Crippen LogP contribution in [0.1, 0.15) is 214 Å². The average Bonchev–Trinajstić information content (AvgIpc) is 3.75. The van der Waals surface area contributed by atoms with Crippen LogP contribution in [0.15, 0.2) is 15.0 Å². The predicted molar refractivity (Wildman–Crippen MR) is 321 cm³/mol. The van der Waals surface area contributed by atoms with Crippen LogP contribution in [0.2, 0.25) is 0 Å². The largest absolute Gasteiger partial charge is 0.870 e. The molecule has 0 aromatic rings. The molecule has 8 N–H and O–H groups in total. The third-order valence-electron chi connectivity index (χ3n) is 10.7. The number of nitrogens with one attached hydrogen (secondary N) is 6. The van der Waals surface area contributed by atoms with Crippen molar-refractivity contribution in [2.75, 3.05) is 78.5 Å². The molecule has 15 heteroatoms. The lowest BCUT2D eigenvalue weighted by atomic mass is 9.69. The highest BCUT2D eigenvalue weighted by molar-refractivity contribution is 6.10. The minimum atomic E-state index is -0.298. The van der Waals surface area contributed by atoms with Gasteiger partial charge in [-0.05, 0) is 99.3 Å². The number of hydrogen-bond acceptors (Lipinski definition) is 13. The van der Waals surface area contributed by atoms with Crippen LogP contribution in [0.25, 0.3) is 0 Å². The van der Waals surface area contributed by atoms with Crippen LogP contribution in [0.5, 0.6) is 0 Å². The zero-order valence-corrected chi connectivity index (χ0v) is 54.0. The van der Waals surface area contributed by atoms with E-state index in [0.29, 0.717) is 24.4 Å². The van der Waals surface area contributed by atoms with Gasteiger partial charge in [0, 0.05) is 117 Å². The number of hydrogen-bond donors (Lipinski definition) is 6. The van der Waals surface area contributed by atoms with E-state index in [2.05, 4.69) is 206 Å². The van der Waals surface area contributed by atoms with E-state index in [4.69, 9.17) is 9.98 Å². The third kappa shape index (κ3) is 42.4. The first-order valence-electron chi connectivity index (χ1n) is 27.7. The average molecular weight is 1050 g/mol. The number of carbonyl (C=O) groups is 2. The summed E-state index contributed by atoms with van der Waals surface area (Å²) in [5.41, 5.74) is 1.66. The van der Waals surface area contributed by atoms with Crippen molar-refractivity contribution in [3.63, 3.8) is 0 Å². The fourth-order valence-electron chi connectivity index (χ4n) is 7.54. The van der Waals surface area contributed by atoms with Crippen LogP contribution in [0.4, 0.5) is 0 Å². The summed E-state index contributed by atoms with van der Waals surface area (Å²) in [6.45, 7) is 74.1. The number of amides is 2. The Kier molecular flexibility index (Phi) is 34.6. The Morgan fingerprint density at radius 2 is 1.04 bits per heavy atom. The predicted octanol–water partition coefficient (Wildman–Crippen LogP) is 10.3. The molecule has 74 heavy (non-hydrogen) atoms. The lowest BCUT2D eigenvalue weighted by molar-refractivity contribution is -0.128. The number of carbonyl (C=O) groups excluding carboxylic acids is 2. The molecule has 1 atom stereocenters. The number of nitrogens with zero attached hydrogens (tertiary/aromatic N) is 5. The first kappa shape index (κ1) is 77.8. The van der Waals surface area contributed by atoms with Gasteiger partial charge in [-0.2, -0.15) is 0 Å². The first-order chi connectivity index (χ1) is 32.0. The summed E-state index contributed by atoms with van der Waals surface area (Å²) in [5.74, 6) is 3.01. The van der Waals surface area contributed by atoms with Gasteiger partial charge in [0.25, 0.3) is 0 Å². The maximum absolute atomic E-state index is 11.5. The van der Waals surface area contributed by atoms with E-state index in [9.17, 15) is 9.59 Å². The topological polar surface area (TPSA) is 210 Å². The summed E-state index contributed by atoms with van der Waals surface area (Å²) in [7, 11) is 0. The van der Waals surface area contributed by atoms with Gasteiger partial charge in [0.05, 0.1) is 30.4 Å². The lowest BCUT2D eigenvalue weighted by Crippen LogP contribution is -2.49. The minimum Gasteiger partial charge on any atom is -0.870 e. The Morgan fingerprint density at radius 1 is 0.568 bits per heavy atom. The number of rotatable bonds is 17. The second-order valence-electron chi connectivity index (χ2n) is 30.2. The monoisotopic (exact) mass is 1050 g/mol. The highest BCUT2D eigenvalue weighted by Gasteiger charge is 2.42. The standard InChI is InChI=1S/C22H44N4.C14H29N3.C13H29N3O.C10H21NO.2H2O/c1-16(2)23-12-14-26-15-13-24-19(26)17(20(3,4)5)18(21(6,7)8)25-22(9,10)11;1-13(2,3)11-12-15-7-9-17(12)10-8-16-14(4,5)6;1-12(2,3)11(17)15-9-7-14-8-10-16-13(4,5)6;1-9(2,3)7-8(12)11-10(4,5)6;;/h16-17,23H,12-15H2,1-11H3;16H,7-11H2,1-6H3;14,16H,7-10H2,1-6H3,(H,15,17);7H2,1-6H3,(H,11,12);2*1H2/p-2. The summed E-state index contributed by atoms with van der Waals surface area (Å²) < 4.78 is 0. The summed E-state index contributed by atoms with van der Waals surface area (Å²) in [5, 5.41) is 19.6. The molecular formula is C59H125N11O4-2. The van der Waals surface area contributed by atoms with Gasteiger partial charge in [-0.3, -0.25) is 24.6 Å². The Balaban J connectivity index is -0.000000454. The van der Waals surface area contributed by atoms with Gasteiger partial charge in [0.15, 0.2) is 0 Å². The summed E-state index contributed by atoms with van der Waals surface area (Å²) in [4.78, 5) is 42.7. The number of amidine groups is 2. The van der Waals surface area contributed by atoms with Crippen molar-refractivity contribution in [3.8, 4) is 0 Å². The highest BCUT2D eigenvalue weighted by Crippen LogP contribution is 2.38. The zero-order chi connectivity index (χ0) is 57.0. The lowest BCUT2D eigenvalue weighted by Gasteiger charge is -2.41. The third-order valence-corrected chi connectivity index (χ3v) is 10.7. The second kappa shape index (κ2) is 32.9. The van der Waals surface area contributed by atoms with Crippen LogP contribution >= 0.6 is 0 Å². The molecule has 0 aromatic carbocycles. The molecule has 2 aliphatic rings. The molecule has 0 saturated carbocycles. The molecule has 2 amide bonds. The molecule has 15 nitrogen and oxygen atoms in total. The SMILES string of the molecule is CC(C)(C)CC(=O)NC(C)(C)C.CC(C)(C)CC1=NCCN1CCNC(C)(C)C.CC(C)(C)NCCNCCNC(=O)C(C)(C)C.CC(C)NCCN1CCN=C1C(C(=NC(C)(C)C)C(C)(C)C)C(C)(C)C.[OH-].[OH-]. The van der Waals surface area contributed by atoms with E-state index in [1.807, 2.05) is 41.5 Å². The maximum atomic E-state index is 11.5. The van der Waals surface area contributed by atoms with E-state index >= 15 is 0 Å². The van der Waals surface area contributed by atoms with Gasteiger partial charge in [-0.1, -0.05) is 118 Å². The molecule has 0 bridgehead atoms. The molecule has 2 aliphatic heterocycles. The molecule has 0 fully saturated rings. The Hall–Kier alpha value is -2.69. The molecule has 0 radical (unpaired) electrons. The quantitative estimate of drug-likeness (QED) is 0.0600. The molecule has 2 rings (SSSR count). The molecule has 0 aromatic heterocycles. The van der Waals surface area contributed by atoms with Crippen molar-refractivity contribution in [1.29, 1.82) is 0 Å². The van der Waals surface area contributed by atoms with E-state index < -0.39 is 0 Å². The zero-order valence-electron chi connectivity index (χ0n) is 54.0. The molecular weight excluding hydrogens is 927 g/mol. The van der Waals surface area contributed by atoms with Crippen molar-refractivity contribution in [2.45, 2.75) is 242 Å². The van der Waals surface area contributed by atoms with E-state index in [-0.39, 0.29) is 72.5 Å². The van der Waals surface area contributed by atoms with Crippen LogP contribution in [0, 0.1) is 33.0 Å². The van der Waals surface area contributed by atoms with Gasteiger partial charge >= 0.3 is 0 Å². The van der Waals surface area contributed by atoms with Crippen LogP contribution in [-0.4, -0.2) is 157 Å². The van der Waals surface area contributed by atoms with Gasteiger partial charge in [-0.25, -0.2) is 0 Å². The van der Waals surface area contributed by atoms with E-state index in [1.165, 1.54) is 17.4 Å². The van der Waals surface area contributed by atoms with Crippen molar-refractivity contribution in [1.82, 2.24) is 41.7 Å². The molecule has 1 unspecified atom stereocenters. The fourth-order valence-corrected chi connectivity index (χ4v) is 7.54. The molecule has 2 heterocycles. The molecule has 442 valence electrons. The van der Waals surface area contributed by atoms with Crippen molar-refractivity contribution >= 4 is 29.2 Å². The van der Waals surface area contributed by atoms with Gasteiger partial charge in [0.1, 0.15) is 5.84 Å².